The van der Waals surface area contributed by atoms with E-state index in [0.29, 0.717) is 6.04 Å². The minimum Gasteiger partial charge on any atom is -0.382 e. The molecule has 0 aliphatic carbocycles. The molecule has 102 valence electrons. The fraction of sp³-hybridized carbons (Fsp3) is 0.769. The summed E-state index contributed by atoms with van der Waals surface area (Å²) in [6, 6.07) is 0.535. The van der Waals surface area contributed by atoms with Crippen LogP contribution >= 0.6 is 0 Å². The van der Waals surface area contributed by atoms with Crippen molar-refractivity contribution in [2.45, 2.75) is 32.9 Å². The van der Waals surface area contributed by atoms with Crippen LogP contribution in [-0.4, -0.2) is 48.4 Å². The van der Waals surface area contributed by atoms with E-state index in [0.717, 1.165) is 51.8 Å². The Labute approximate surface area is 109 Å². The number of imidazole rings is 1. The van der Waals surface area contributed by atoms with Gasteiger partial charge in [0.1, 0.15) is 0 Å². The highest BCUT2D eigenvalue weighted by atomic mass is 16.5. The normalized spacial score (nSPS) is 20.3. The number of piperazine rings is 1. The Morgan fingerprint density at radius 3 is 3.22 bits per heavy atom. The lowest BCUT2D eigenvalue weighted by atomic mass is 10.2. The van der Waals surface area contributed by atoms with Gasteiger partial charge in [-0.3, -0.25) is 0 Å². The summed E-state index contributed by atoms with van der Waals surface area (Å²) in [5, 5.41) is 3.45. The van der Waals surface area contributed by atoms with Crippen molar-refractivity contribution < 1.29 is 4.74 Å². The van der Waals surface area contributed by atoms with Gasteiger partial charge in [0.25, 0.3) is 0 Å². The topological polar surface area (TPSA) is 42.3 Å². The largest absolute Gasteiger partial charge is 0.382 e. The lowest BCUT2D eigenvalue weighted by Crippen LogP contribution is -2.50. The third-order valence-corrected chi connectivity index (χ3v) is 3.24. The summed E-state index contributed by atoms with van der Waals surface area (Å²) in [5.41, 5.74) is 0. The molecular formula is C13H24N4O. The van der Waals surface area contributed by atoms with Gasteiger partial charge in [-0.1, -0.05) is 0 Å². The zero-order valence-electron chi connectivity index (χ0n) is 11.4. The Morgan fingerprint density at radius 1 is 1.56 bits per heavy atom. The van der Waals surface area contributed by atoms with Crippen molar-refractivity contribution in [3.8, 4) is 0 Å². The van der Waals surface area contributed by atoms with E-state index in [9.17, 15) is 0 Å². The molecule has 0 bridgehead atoms. The molecule has 0 radical (unpaired) electrons. The second-order valence-electron chi connectivity index (χ2n) is 4.77. The zero-order valence-corrected chi connectivity index (χ0v) is 11.4. The maximum Gasteiger partial charge on any atom is 0.205 e. The van der Waals surface area contributed by atoms with Gasteiger partial charge in [0.15, 0.2) is 0 Å². The lowest BCUT2D eigenvalue weighted by Gasteiger charge is -2.32. The van der Waals surface area contributed by atoms with Crippen LogP contribution in [0.4, 0.5) is 5.95 Å². The number of hydrogen-bond acceptors (Lipinski definition) is 4. The summed E-state index contributed by atoms with van der Waals surface area (Å²) in [4.78, 5) is 6.86. The molecule has 1 aromatic heterocycles. The van der Waals surface area contributed by atoms with E-state index in [1.54, 1.807) is 0 Å². The average Bonchev–Trinajstić information content (AvgIpc) is 2.83. The first kappa shape index (κ1) is 13.4. The molecule has 1 aliphatic rings. The van der Waals surface area contributed by atoms with Gasteiger partial charge in [0, 0.05) is 57.8 Å². The van der Waals surface area contributed by atoms with Gasteiger partial charge in [0.2, 0.25) is 5.95 Å². The highest BCUT2D eigenvalue weighted by Crippen LogP contribution is 2.14. The summed E-state index contributed by atoms with van der Waals surface area (Å²) >= 11 is 0. The number of hydrogen-bond donors (Lipinski definition) is 1. The highest BCUT2D eigenvalue weighted by Gasteiger charge is 2.19. The van der Waals surface area contributed by atoms with Crippen LogP contribution in [0.3, 0.4) is 0 Å². The number of nitrogens with one attached hydrogen (secondary N) is 1. The van der Waals surface area contributed by atoms with Crippen LogP contribution in [0.1, 0.15) is 20.3 Å². The molecule has 2 rings (SSSR count). The quantitative estimate of drug-likeness (QED) is 0.770. The van der Waals surface area contributed by atoms with E-state index >= 15 is 0 Å². The molecule has 1 saturated heterocycles. The minimum atomic E-state index is 0.535. The van der Waals surface area contributed by atoms with E-state index < -0.39 is 0 Å². The molecule has 1 atom stereocenters. The van der Waals surface area contributed by atoms with E-state index in [1.165, 1.54) is 0 Å². The summed E-state index contributed by atoms with van der Waals surface area (Å²) in [6.45, 7) is 9.95. The Morgan fingerprint density at radius 2 is 2.44 bits per heavy atom. The number of aromatic nitrogens is 2. The van der Waals surface area contributed by atoms with Crippen LogP contribution in [0, 0.1) is 0 Å². The van der Waals surface area contributed by atoms with Crippen molar-refractivity contribution in [2.75, 3.05) is 37.7 Å². The third-order valence-electron chi connectivity index (χ3n) is 3.24. The monoisotopic (exact) mass is 252 g/mol. The number of anilines is 1. The Hall–Kier alpha value is -1.07. The Kier molecular flexibility index (Phi) is 5.01. The second kappa shape index (κ2) is 6.75. The van der Waals surface area contributed by atoms with Crippen molar-refractivity contribution in [3.63, 3.8) is 0 Å². The number of ether oxygens (including phenoxy) is 1. The van der Waals surface area contributed by atoms with Gasteiger partial charge in [-0.2, -0.15) is 0 Å². The Bertz CT molecular complexity index is 353. The summed E-state index contributed by atoms with van der Waals surface area (Å²) in [7, 11) is 0. The van der Waals surface area contributed by atoms with Gasteiger partial charge in [-0.25, -0.2) is 4.98 Å². The van der Waals surface area contributed by atoms with Crippen molar-refractivity contribution in [1.29, 1.82) is 0 Å². The smallest absolute Gasteiger partial charge is 0.205 e. The predicted octanol–water partition coefficient (Wildman–Crippen LogP) is 1.11. The molecule has 0 spiro atoms. The number of aryl methyl sites for hydroxylation is 1. The van der Waals surface area contributed by atoms with Gasteiger partial charge in [-0.05, 0) is 20.3 Å². The SMILES string of the molecule is CCOCCCn1ccnc1N1CCNC(C)C1. The first-order valence-electron chi connectivity index (χ1n) is 6.88. The fourth-order valence-corrected chi connectivity index (χ4v) is 2.35. The van der Waals surface area contributed by atoms with Crippen LogP contribution in [0.2, 0.25) is 0 Å². The standard InChI is InChI=1S/C13H24N4O/c1-3-18-10-4-7-16-8-6-15-13(16)17-9-5-14-12(2)11-17/h6,8,12,14H,3-5,7,9-11H2,1-2H3. The fourth-order valence-electron chi connectivity index (χ4n) is 2.35. The number of rotatable bonds is 6. The van der Waals surface area contributed by atoms with Crippen molar-refractivity contribution >= 4 is 5.95 Å². The second-order valence-corrected chi connectivity index (χ2v) is 4.77. The lowest BCUT2D eigenvalue weighted by molar-refractivity contribution is 0.141. The molecule has 1 unspecified atom stereocenters. The zero-order chi connectivity index (χ0) is 12.8. The molecule has 0 amide bonds. The van der Waals surface area contributed by atoms with E-state index in [1.807, 2.05) is 13.1 Å². The third kappa shape index (κ3) is 3.46. The molecule has 1 aliphatic heterocycles. The van der Waals surface area contributed by atoms with Gasteiger partial charge in [-0.15, -0.1) is 0 Å². The Balaban J connectivity index is 1.90. The van der Waals surface area contributed by atoms with Gasteiger partial charge in [0.05, 0.1) is 0 Å². The van der Waals surface area contributed by atoms with Crippen LogP contribution in [-0.2, 0) is 11.3 Å². The van der Waals surface area contributed by atoms with Crippen molar-refractivity contribution in [2.24, 2.45) is 0 Å². The van der Waals surface area contributed by atoms with E-state index in [2.05, 4.69) is 32.9 Å². The molecule has 5 heteroatoms. The molecule has 2 heterocycles. The van der Waals surface area contributed by atoms with E-state index in [4.69, 9.17) is 4.74 Å². The van der Waals surface area contributed by atoms with Gasteiger partial charge >= 0.3 is 0 Å². The van der Waals surface area contributed by atoms with Crippen LogP contribution in [0.5, 0.6) is 0 Å². The van der Waals surface area contributed by atoms with Crippen molar-refractivity contribution in [3.05, 3.63) is 12.4 Å². The predicted molar refractivity (Wildman–Crippen MR) is 73.0 cm³/mol. The number of nitrogens with zero attached hydrogens (tertiary/aromatic N) is 3. The highest BCUT2D eigenvalue weighted by molar-refractivity contribution is 5.32. The molecule has 1 aromatic rings. The van der Waals surface area contributed by atoms with Gasteiger partial charge < -0.3 is 19.5 Å². The summed E-state index contributed by atoms with van der Waals surface area (Å²) in [5.74, 6) is 1.10. The van der Waals surface area contributed by atoms with E-state index in [-0.39, 0.29) is 0 Å². The average molecular weight is 252 g/mol. The molecule has 0 aromatic carbocycles. The van der Waals surface area contributed by atoms with Crippen LogP contribution < -0.4 is 10.2 Å². The molecule has 1 fully saturated rings. The molecule has 5 nitrogen and oxygen atoms in total. The van der Waals surface area contributed by atoms with Crippen LogP contribution in [0.15, 0.2) is 12.4 Å². The maximum atomic E-state index is 5.38. The molecular weight excluding hydrogens is 228 g/mol. The molecule has 0 saturated carbocycles. The molecule has 1 N–H and O–H groups in total. The first-order valence-corrected chi connectivity index (χ1v) is 6.88. The molecule has 18 heavy (non-hydrogen) atoms. The van der Waals surface area contributed by atoms with Crippen molar-refractivity contribution in [1.82, 2.24) is 14.9 Å². The summed E-state index contributed by atoms with van der Waals surface area (Å²) < 4.78 is 7.61. The first-order chi connectivity index (χ1) is 8.81. The summed E-state index contributed by atoms with van der Waals surface area (Å²) in [6.07, 6.45) is 5.00. The maximum absolute atomic E-state index is 5.38. The minimum absolute atomic E-state index is 0.535. The van der Waals surface area contributed by atoms with Crippen LogP contribution in [0.25, 0.3) is 0 Å².